The fourth-order valence-corrected chi connectivity index (χ4v) is 2.41. The van der Waals surface area contributed by atoms with Crippen LogP contribution < -0.4 is 10.5 Å². The van der Waals surface area contributed by atoms with Gasteiger partial charge >= 0.3 is 0 Å². The molecule has 0 spiro atoms. The molecule has 0 unspecified atom stereocenters. The van der Waals surface area contributed by atoms with Gasteiger partial charge in [-0.15, -0.1) is 10.2 Å². The molecule has 2 aromatic rings. The number of ether oxygens (including phenoxy) is 1. The van der Waals surface area contributed by atoms with Crippen molar-refractivity contribution in [3.05, 3.63) is 41.2 Å². The van der Waals surface area contributed by atoms with Crippen LogP contribution in [0.25, 0.3) is 0 Å². The van der Waals surface area contributed by atoms with Crippen LogP contribution in [0.5, 0.6) is 5.75 Å². The molecule has 0 fully saturated rings. The lowest BCUT2D eigenvalue weighted by molar-refractivity contribution is 0.272. The summed E-state index contributed by atoms with van der Waals surface area (Å²) in [4.78, 5) is 0. The van der Waals surface area contributed by atoms with Crippen LogP contribution >= 0.6 is 0 Å². The lowest BCUT2D eigenvalue weighted by atomic mass is 10.2. The van der Waals surface area contributed by atoms with Gasteiger partial charge < -0.3 is 15.0 Å². The van der Waals surface area contributed by atoms with E-state index in [9.17, 15) is 4.39 Å². The molecule has 0 saturated carbocycles. The van der Waals surface area contributed by atoms with Gasteiger partial charge in [0.05, 0.1) is 0 Å². The third kappa shape index (κ3) is 2.51. The zero-order valence-corrected chi connectivity index (χ0v) is 11.2. The molecule has 3 rings (SSSR count). The molecule has 0 radical (unpaired) electrons. The van der Waals surface area contributed by atoms with Crippen molar-refractivity contribution in [3.8, 4) is 5.75 Å². The Morgan fingerprint density at radius 2 is 2.20 bits per heavy atom. The van der Waals surface area contributed by atoms with E-state index in [2.05, 4.69) is 14.8 Å². The van der Waals surface area contributed by atoms with Crippen LogP contribution in [0.4, 0.5) is 4.39 Å². The number of nitrogens with zero attached hydrogens (tertiary/aromatic N) is 3. The fraction of sp³-hybridized carbons (Fsp3) is 0.429. The highest BCUT2D eigenvalue weighted by atomic mass is 19.1. The van der Waals surface area contributed by atoms with Crippen molar-refractivity contribution in [2.45, 2.75) is 39.0 Å². The van der Waals surface area contributed by atoms with Gasteiger partial charge in [0.15, 0.2) is 17.4 Å². The van der Waals surface area contributed by atoms with Crippen LogP contribution in [0.1, 0.15) is 30.1 Å². The Bertz CT molecular complexity index is 611. The van der Waals surface area contributed by atoms with Crippen LogP contribution in [0.3, 0.4) is 0 Å². The Morgan fingerprint density at radius 3 is 3.00 bits per heavy atom. The van der Waals surface area contributed by atoms with E-state index in [0.717, 1.165) is 43.0 Å². The van der Waals surface area contributed by atoms with Crippen LogP contribution in [0.2, 0.25) is 0 Å². The molecule has 1 aliphatic heterocycles. The molecule has 1 aliphatic rings. The number of hydrogen-bond donors (Lipinski definition) is 1. The maximum absolute atomic E-state index is 13.8. The Hall–Kier alpha value is -1.95. The van der Waals surface area contributed by atoms with Gasteiger partial charge in [-0.1, -0.05) is 6.07 Å². The van der Waals surface area contributed by atoms with Crippen molar-refractivity contribution in [3.63, 3.8) is 0 Å². The first-order chi connectivity index (χ1) is 9.78. The maximum atomic E-state index is 13.8. The van der Waals surface area contributed by atoms with Crippen LogP contribution in [0, 0.1) is 5.82 Å². The average Bonchev–Trinajstić information content (AvgIpc) is 2.89. The molecule has 0 amide bonds. The van der Waals surface area contributed by atoms with Crippen LogP contribution in [-0.4, -0.2) is 14.8 Å². The Balaban J connectivity index is 1.72. The monoisotopic (exact) mass is 276 g/mol. The Labute approximate surface area is 116 Å². The van der Waals surface area contributed by atoms with E-state index in [1.165, 1.54) is 6.07 Å². The Morgan fingerprint density at radius 1 is 1.30 bits per heavy atom. The number of aryl methyl sites for hydroxylation is 1. The highest BCUT2D eigenvalue weighted by Gasteiger charge is 2.16. The van der Waals surface area contributed by atoms with Crippen LogP contribution in [-0.2, 0) is 26.1 Å². The minimum absolute atomic E-state index is 0.218. The molecule has 2 heterocycles. The maximum Gasteiger partial charge on any atom is 0.171 e. The van der Waals surface area contributed by atoms with Gasteiger partial charge in [0, 0.05) is 19.5 Å². The van der Waals surface area contributed by atoms with Crippen molar-refractivity contribution in [2.75, 3.05) is 0 Å². The molecule has 106 valence electrons. The zero-order valence-electron chi connectivity index (χ0n) is 11.2. The third-order valence-corrected chi connectivity index (χ3v) is 3.52. The fourth-order valence-electron chi connectivity index (χ4n) is 2.41. The summed E-state index contributed by atoms with van der Waals surface area (Å²) in [7, 11) is 0. The minimum Gasteiger partial charge on any atom is -0.483 e. The topological polar surface area (TPSA) is 66.0 Å². The molecule has 6 heteroatoms. The van der Waals surface area contributed by atoms with Gasteiger partial charge in [-0.05, 0) is 30.5 Å². The largest absolute Gasteiger partial charge is 0.483 e. The molecule has 1 aromatic heterocycles. The molecule has 1 aromatic carbocycles. The van der Waals surface area contributed by atoms with E-state index >= 15 is 0 Å². The average molecular weight is 276 g/mol. The highest BCUT2D eigenvalue weighted by Crippen LogP contribution is 2.20. The quantitative estimate of drug-likeness (QED) is 0.924. The van der Waals surface area contributed by atoms with Crippen molar-refractivity contribution in [1.82, 2.24) is 14.8 Å². The lowest BCUT2D eigenvalue weighted by Crippen LogP contribution is -2.14. The van der Waals surface area contributed by atoms with E-state index in [1.807, 2.05) is 0 Å². The van der Waals surface area contributed by atoms with Gasteiger partial charge in [-0.25, -0.2) is 4.39 Å². The number of halogens is 1. The van der Waals surface area contributed by atoms with E-state index in [4.69, 9.17) is 10.5 Å². The summed E-state index contributed by atoms with van der Waals surface area (Å²) in [6, 6.07) is 4.76. The first-order valence-corrected chi connectivity index (χ1v) is 6.80. The molecular formula is C14H17FN4O. The predicted molar refractivity (Wildman–Crippen MR) is 71.6 cm³/mol. The van der Waals surface area contributed by atoms with Crippen molar-refractivity contribution < 1.29 is 9.13 Å². The number of aromatic nitrogens is 3. The van der Waals surface area contributed by atoms with Gasteiger partial charge in [-0.3, -0.25) is 0 Å². The SMILES string of the molecule is NCc1ccc(OCc2nnc3n2CCCC3)c(F)c1. The second-order valence-electron chi connectivity index (χ2n) is 4.90. The predicted octanol–water partition coefficient (Wildman–Crippen LogP) is 1.79. The normalized spacial score (nSPS) is 14.1. The van der Waals surface area contributed by atoms with Gasteiger partial charge in [0.25, 0.3) is 0 Å². The van der Waals surface area contributed by atoms with Gasteiger partial charge in [0.2, 0.25) is 0 Å². The summed E-state index contributed by atoms with van der Waals surface area (Å²) in [6.45, 7) is 1.45. The summed E-state index contributed by atoms with van der Waals surface area (Å²) < 4.78 is 21.4. The molecule has 0 saturated heterocycles. The number of hydrogen-bond acceptors (Lipinski definition) is 4. The summed E-state index contributed by atoms with van der Waals surface area (Å²) in [5.74, 6) is 1.57. The molecule has 2 N–H and O–H groups in total. The van der Waals surface area contributed by atoms with Gasteiger partial charge in [-0.2, -0.15) is 0 Å². The standard InChI is InChI=1S/C14H17FN4O/c15-11-7-10(8-16)4-5-12(11)20-9-14-18-17-13-3-1-2-6-19(13)14/h4-5,7H,1-3,6,8-9,16H2. The summed E-state index contributed by atoms with van der Waals surface area (Å²) in [6.07, 6.45) is 3.22. The van der Waals surface area contributed by atoms with Crippen molar-refractivity contribution in [1.29, 1.82) is 0 Å². The molecule has 20 heavy (non-hydrogen) atoms. The second kappa shape index (κ2) is 5.58. The number of rotatable bonds is 4. The Kier molecular flexibility index (Phi) is 3.64. The molecule has 5 nitrogen and oxygen atoms in total. The molecule has 0 atom stereocenters. The first kappa shape index (κ1) is 13.1. The summed E-state index contributed by atoms with van der Waals surface area (Å²) >= 11 is 0. The first-order valence-electron chi connectivity index (χ1n) is 6.80. The van der Waals surface area contributed by atoms with Crippen molar-refractivity contribution in [2.24, 2.45) is 5.73 Å². The second-order valence-corrected chi connectivity index (χ2v) is 4.90. The van der Waals surface area contributed by atoms with E-state index in [1.54, 1.807) is 12.1 Å². The summed E-state index contributed by atoms with van der Waals surface area (Å²) in [5.41, 5.74) is 6.21. The molecular weight excluding hydrogens is 259 g/mol. The van der Waals surface area contributed by atoms with E-state index in [0.29, 0.717) is 6.54 Å². The van der Waals surface area contributed by atoms with Crippen LogP contribution in [0.15, 0.2) is 18.2 Å². The highest BCUT2D eigenvalue weighted by molar-refractivity contribution is 5.29. The lowest BCUT2D eigenvalue weighted by Gasteiger charge is -2.15. The molecule has 0 aliphatic carbocycles. The van der Waals surface area contributed by atoms with Gasteiger partial charge in [0.1, 0.15) is 12.4 Å². The smallest absolute Gasteiger partial charge is 0.171 e. The van der Waals surface area contributed by atoms with E-state index in [-0.39, 0.29) is 12.4 Å². The minimum atomic E-state index is -0.397. The molecule has 0 bridgehead atoms. The third-order valence-electron chi connectivity index (χ3n) is 3.52. The number of fused-ring (bicyclic) bond motifs is 1. The number of benzene rings is 1. The zero-order chi connectivity index (χ0) is 13.9. The summed E-state index contributed by atoms with van der Waals surface area (Å²) in [5, 5.41) is 8.26. The van der Waals surface area contributed by atoms with Crippen molar-refractivity contribution >= 4 is 0 Å². The van der Waals surface area contributed by atoms with E-state index < -0.39 is 5.82 Å². The number of nitrogens with two attached hydrogens (primary N) is 1.